The molecule has 2 aromatic carbocycles. The van der Waals surface area contributed by atoms with Gasteiger partial charge in [0.1, 0.15) is 12.4 Å². The molecule has 3 aromatic rings. The number of ether oxygens (including phenoxy) is 1. The number of aromatic nitrogens is 2. The second-order valence-corrected chi connectivity index (χ2v) is 5.90. The number of carbonyl (C=O) groups is 1. The molecule has 0 fully saturated rings. The van der Waals surface area contributed by atoms with Gasteiger partial charge in [0.15, 0.2) is 0 Å². The summed E-state index contributed by atoms with van der Waals surface area (Å²) in [4.78, 5) is 11.9. The summed E-state index contributed by atoms with van der Waals surface area (Å²) in [6, 6.07) is 17.4. The van der Waals surface area contributed by atoms with Crippen molar-refractivity contribution in [1.29, 1.82) is 0 Å². The third kappa shape index (κ3) is 5.11. The molecular formula is C20H22N4O2. The summed E-state index contributed by atoms with van der Waals surface area (Å²) in [7, 11) is 0. The number of carbonyl (C=O) groups excluding carboxylic acids is 1. The van der Waals surface area contributed by atoms with E-state index in [2.05, 4.69) is 15.7 Å². The lowest BCUT2D eigenvalue weighted by atomic mass is 10.2. The number of hydrogen-bond acceptors (Lipinski definition) is 3. The predicted molar refractivity (Wildman–Crippen MR) is 100 cm³/mol. The molecule has 2 N–H and O–H groups in total. The topological polar surface area (TPSA) is 68.2 Å². The van der Waals surface area contributed by atoms with E-state index < -0.39 is 0 Å². The Bertz CT molecular complexity index is 846. The first kappa shape index (κ1) is 17.5. The molecule has 0 unspecified atom stereocenters. The predicted octanol–water partition coefficient (Wildman–Crippen LogP) is 3.06. The van der Waals surface area contributed by atoms with Crippen LogP contribution in [0.3, 0.4) is 0 Å². The van der Waals surface area contributed by atoms with Crippen molar-refractivity contribution in [2.45, 2.75) is 13.5 Å². The average Bonchev–Trinajstić information content (AvgIpc) is 3.13. The molecular weight excluding hydrogens is 328 g/mol. The van der Waals surface area contributed by atoms with E-state index in [-0.39, 0.29) is 6.03 Å². The molecule has 6 heteroatoms. The zero-order valence-corrected chi connectivity index (χ0v) is 14.7. The summed E-state index contributed by atoms with van der Waals surface area (Å²) in [5.74, 6) is 0.806. The van der Waals surface area contributed by atoms with Gasteiger partial charge in [0.25, 0.3) is 0 Å². The number of aryl methyl sites for hydroxylation is 1. The minimum absolute atomic E-state index is 0.231. The van der Waals surface area contributed by atoms with Crippen LogP contribution in [-0.4, -0.2) is 29.0 Å². The highest BCUT2D eigenvalue weighted by molar-refractivity contribution is 5.73. The summed E-state index contributed by atoms with van der Waals surface area (Å²) < 4.78 is 7.38. The number of amides is 2. The lowest BCUT2D eigenvalue weighted by molar-refractivity contribution is 0.236. The van der Waals surface area contributed by atoms with Crippen LogP contribution in [0.5, 0.6) is 5.75 Å². The molecule has 0 aliphatic heterocycles. The molecule has 0 saturated heterocycles. The molecule has 0 spiro atoms. The molecule has 26 heavy (non-hydrogen) atoms. The molecule has 6 nitrogen and oxygen atoms in total. The molecule has 0 aliphatic carbocycles. The SMILES string of the molecule is Cc1cccc(OCCNC(=O)NCc2cnn(-c3ccccc3)c2)c1. The van der Waals surface area contributed by atoms with Gasteiger partial charge in [-0.15, -0.1) is 0 Å². The lowest BCUT2D eigenvalue weighted by Gasteiger charge is -2.09. The Labute approximate surface area is 152 Å². The van der Waals surface area contributed by atoms with Crippen molar-refractivity contribution in [3.8, 4) is 11.4 Å². The molecule has 0 bridgehead atoms. The summed E-state index contributed by atoms with van der Waals surface area (Å²) >= 11 is 0. The second kappa shape index (κ2) is 8.71. The fourth-order valence-corrected chi connectivity index (χ4v) is 2.46. The molecule has 1 heterocycles. The van der Waals surface area contributed by atoms with Gasteiger partial charge in [-0.25, -0.2) is 9.48 Å². The van der Waals surface area contributed by atoms with Crippen LogP contribution in [-0.2, 0) is 6.54 Å². The van der Waals surface area contributed by atoms with Crippen LogP contribution in [0.15, 0.2) is 67.0 Å². The van der Waals surface area contributed by atoms with E-state index in [4.69, 9.17) is 4.74 Å². The van der Waals surface area contributed by atoms with E-state index in [1.807, 2.05) is 67.7 Å². The van der Waals surface area contributed by atoms with Crippen molar-refractivity contribution in [2.75, 3.05) is 13.2 Å². The van der Waals surface area contributed by atoms with E-state index in [0.717, 1.165) is 22.6 Å². The number of nitrogens with zero attached hydrogens (tertiary/aromatic N) is 2. The monoisotopic (exact) mass is 350 g/mol. The normalized spacial score (nSPS) is 10.3. The molecule has 0 atom stereocenters. The van der Waals surface area contributed by atoms with Crippen molar-refractivity contribution in [2.24, 2.45) is 0 Å². The molecule has 0 radical (unpaired) electrons. The Balaban J connectivity index is 1.37. The Morgan fingerprint density at radius 3 is 2.77 bits per heavy atom. The van der Waals surface area contributed by atoms with Crippen molar-refractivity contribution >= 4 is 6.03 Å². The van der Waals surface area contributed by atoms with E-state index >= 15 is 0 Å². The van der Waals surface area contributed by atoms with Crippen molar-refractivity contribution in [3.05, 3.63) is 78.1 Å². The van der Waals surface area contributed by atoms with Gasteiger partial charge >= 0.3 is 6.03 Å². The van der Waals surface area contributed by atoms with Crippen LogP contribution >= 0.6 is 0 Å². The summed E-state index contributed by atoms with van der Waals surface area (Å²) in [6.45, 7) is 3.28. The lowest BCUT2D eigenvalue weighted by Crippen LogP contribution is -2.37. The van der Waals surface area contributed by atoms with Gasteiger partial charge in [-0.3, -0.25) is 0 Å². The smallest absolute Gasteiger partial charge is 0.315 e. The van der Waals surface area contributed by atoms with Crippen molar-refractivity contribution in [3.63, 3.8) is 0 Å². The van der Waals surface area contributed by atoms with E-state index in [0.29, 0.717) is 19.7 Å². The molecule has 2 amide bonds. The van der Waals surface area contributed by atoms with Gasteiger partial charge < -0.3 is 15.4 Å². The van der Waals surface area contributed by atoms with Crippen molar-refractivity contribution < 1.29 is 9.53 Å². The maximum absolute atomic E-state index is 11.9. The van der Waals surface area contributed by atoms with Gasteiger partial charge in [0.2, 0.25) is 0 Å². The largest absolute Gasteiger partial charge is 0.492 e. The third-order valence-electron chi connectivity index (χ3n) is 3.76. The molecule has 134 valence electrons. The van der Waals surface area contributed by atoms with Gasteiger partial charge in [0.05, 0.1) is 18.4 Å². The Hall–Kier alpha value is -3.28. The molecule has 0 saturated carbocycles. The standard InChI is InChI=1S/C20H22N4O2/c1-16-6-5-9-19(12-16)26-11-10-21-20(25)22-13-17-14-23-24(15-17)18-7-3-2-4-8-18/h2-9,12,14-15H,10-11,13H2,1H3,(H2,21,22,25). The first-order valence-electron chi connectivity index (χ1n) is 8.51. The number of urea groups is 1. The van der Waals surface area contributed by atoms with Crippen LogP contribution in [0.1, 0.15) is 11.1 Å². The number of rotatable bonds is 7. The number of para-hydroxylation sites is 1. The first-order valence-corrected chi connectivity index (χ1v) is 8.51. The third-order valence-corrected chi connectivity index (χ3v) is 3.76. The molecule has 3 rings (SSSR count). The zero-order valence-electron chi connectivity index (χ0n) is 14.7. The molecule has 0 aliphatic rings. The van der Waals surface area contributed by atoms with Crippen LogP contribution in [0.4, 0.5) is 4.79 Å². The van der Waals surface area contributed by atoms with E-state index in [1.165, 1.54) is 0 Å². The van der Waals surface area contributed by atoms with Crippen LogP contribution in [0.2, 0.25) is 0 Å². The van der Waals surface area contributed by atoms with Gasteiger partial charge in [-0.2, -0.15) is 5.10 Å². The quantitative estimate of drug-likeness (QED) is 0.644. The highest BCUT2D eigenvalue weighted by atomic mass is 16.5. The fourth-order valence-electron chi connectivity index (χ4n) is 2.46. The summed E-state index contributed by atoms with van der Waals surface area (Å²) in [5, 5.41) is 9.89. The van der Waals surface area contributed by atoms with Gasteiger partial charge in [-0.05, 0) is 36.8 Å². The first-order chi connectivity index (χ1) is 12.7. The minimum atomic E-state index is -0.231. The van der Waals surface area contributed by atoms with Crippen LogP contribution in [0, 0.1) is 6.92 Å². The van der Waals surface area contributed by atoms with Crippen LogP contribution in [0.25, 0.3) is 5.69 Å². The highest BCUT2D eigenvalue weighted by Gasteiger charge is 2.04. The fraction of sp³-hybridized carbons (Fsp3) is 0.200. The number of nitrogens with one attached hydrogen (secondary N) is 2. The van der Waals surface area contributed by atoms with E-state index in [1.54, 1.807) is 10.9 Å². The van der Waals surface area contributed by atoms with Gasteiger partial charge in [-0.1, -0.05) is 30.3 Å². The Morgan fingerprint density at radius 1 is 1.12 bits per heavy atom. The van der Waals surface area contributed by atoms with Gasteiger partial charge in [0, 0.05) is 18.3 Å². The number of benzene rings is 2. The maximum atomic E-state index is 11.9. The Morgan fingerprint density at radius 2 is 1.96 bits per heavy atom. The number of hydrogen-bond donors (Lipinski definition) is 2. The highest BCUT2D eigenvalue weighted by Crippen LogP contribution is 2.11. The molecule has 1 aromatic heterocycles. The minimum Gasteiger partial charge on any atom is -0.492 e. The summed E-state index contributed by atoms with van der Waals surface area (Å²) in [5.41, 5.74) is 3.06. The average molecular weight is 350 g/mol. The van der Waals surface area contributed by atoms with Crippen LogP contribution < -0.4 is 15.4 Å². The van der Waals surface area contributed by atoms with E-state index in [9.17, 15) is 4.79 Å². The summed E-state index contributed by atoms with van der Waals surface area (Å²) in [6.07, 6.45) is 3.64. The van der Waals surface area contributed by atoms with Crippen molar-refractivity contribution in [1.82, 2.24) is 20.4 Å². The Kier molecular flexibility index (Phi) is 5.88. The maximum Gasteiger partial charge on any atom is 0.315 e. The second-order valence-electron chi connectivity index (χ2n) is 5.90. The zero-order chi connectivity index (χ0) is 18.2.